The van der Waals surface area contributed by atoms with Crippen LogP contribution in [-0.2, 0) is 0 Å². The summed E-state index contributed by atoms with van der Waals surface area (Å²) in [6, 6.07) is 5.22. The van der Waals surface area contributed by atoms with Crippen LogP contribution in [0.15, 0.2) is 33.8 Å². The fraction of sp³-hybridized carbons (Fsp3) is 0.182. The van der Waals surface area contributed by atoms with Gasteiger partial charge in [-0.3, -0.25) is 4.79 Å². The van der Waals surface area contributed by atoms with Crippen LogP contribution in [0.25, 0.3) is 0 Å². The first-order valence-corrected chi connectivity index (χ1v) is 6.92. The van der Waals surface area contributed by atoms with Gasteiger partial charge >= 0.3 is 0 Å². The van der Waals surface area contributed by atoms with Crippen molar-refractivity contribution in [3.05, 3.63) is 30.1 Å². The molecule has 0 fully saturated rings. The minimum Gasteiger partial charge on any atom is -0.399 e. The average Bonchev–Trinajstić information content (AvgIpc) is 2.82. The van der Waals surface area contributed by atoms with E-state index < -0.39 is 0 Å². The van der Waals surface area contributed by atoms with Gasteiger partial charge in [-0.25, -0.2) is 4.98 Å². The van der Waals surface area contributed by atoms with E-state index in [1.54, 1.807) is 18.2 Å². The molecule has 1 aromatic carbocycles. The van der Waals surface area contributed by atoms with E-state index >= 15 is 0 Å². The molecule has 0 atom stereocenters. The standard InChI is InChI=1S/C11H12N4OS2/c1-2-13-10(16)8-4-3-7(12)5-9(8)17-11-14-6-15-18-11/h3-6H,2,12H2,1H3,(H,13,16). The number of amides is 1. The van der Waals surface area contributed by atoms with Crippen molar-refractivity contribution in [2.24, 2.45) is 0 Å². The first-order valence-electron chi connectivity index (χ1n) is 5.33. The number of hydrogen-bond donors (Lipinski definition) is 2. The van der Waals surface area contributed by atoms with Gasteiger partial charge in [0.25, 0.3) is 5.91 Å². The topological polar surface area (TPSA) is 80.9 Å². The largest absolute Gasteiger partial charge is 0.399 e. The third kappa shape index (κ3) is 2.99. The number of benzene rings is 1. The monoisotopic (exact) mass is 280 g/mol. The molecule has 0 saturated heterocycles. The molecule has 2 rings (SSSR count). The molecule has 0 spiro atoms. The third-order valence-corrected chi connectivity index (χ3v) is 3.90. The number of nitrogens with one attached hydrogen (secondary N) is 1. The number of hydrogen-bond acceptors (Lipinski definition) is 6. The summed E-state index contributed by atoms with van der Waals surface area (Å²) in [5, 5.41) is 2.78. The van der Waals surface area contributed by atoms with Gasteiger partial charge in [0.2, 0.25) is 0 Å². The van der Waals surface area contributed by atoms with Gasteiger partial charge in [0.05, 0.1) is 5.56 Å². The van der Waals surface area contributed by atoms with Crippen molar-refractivity contribution in [3.8, 4) is 0 Å². The number of carbonyl (C=O) groups excluding carboxylic acids is 1. The molecule has 94 valence electrons. The van der Waals surface area contributed by atoms with Gasteiger partial charge in [-0.05, 0) is 36.7 Å². The quantitative estimate of drug-likeness (QED) is 0.837. The number of nitrogens with zero attached hydrogens (tertiary/aromatic N) is 2. The summed E-state index contributed by atoms with van der Waals surface area (Å²) < 4.78 is 4.71. The van der Waals surface area contributed by atoms with Crippen LogP contribution in [0.1, 0.15) is 17.3 Å². The highest BCUT2D eigenvalue weighted by atomic mass is 32.2. The summed E-state index contributed by atoms with van der Waals surface area (Å²) in [5.74, 6) is -0.107. The Balaban J connectivity index is 2.31. The Morgan fingerprint density at radius 1 is 1.56 bits per heavy atom. The number of carbonyl (C=O) groups is 1. The molecule has 0 aliphatic carbocycles. The normalized spacial score (nSPS) is 10.3. The first kappa shape index (κ1) is 12.8. The first-order chi connectivity index (χ1) is 8.70. The lowest BCUT2D eigenvalue weighted by Crippen LogP contribution is -2.23. The van der Waals surface area contributed by atoms with Gasteiger partial charge in [-0.2, -0.15) is 4.37 Å². The van der Waals surface area contributed by atoms with Crippen LogP contribution < -0.4 is 11.1 Å². The highest BCUT2D eigenvalue weighted by Gasteiger charge is 2.13. The molecule has 0 aliphatic rings. The van der Waals surface area contributed by atoms with E-state index in [4.69, 9.17) is 5.73 Å². The molecule has 3 N–H and O–H groups in total. The van der Waals surface area contributed by atoms with E-state index in [-0.39, 0.29) is 5.91 Å². The van der Waals surface area contributed by atoms with E-state index in [0.717, 1.165) is 9.24 Å². The lowest BCUT2D eigenvalue weighted by atomic mass is 10.2. The number of nitrogen functional groups attached to an aromatic ring is 1. The van der Waals surface area contributed by atoms with Crippen LogP contribution in [0.5, 0.6) is 0 Å². The van der Waals surface area contributed by atoms with Gasteiger partial charge in [-0.15, -0.1) is 0 Å². The fourth-order valence-electron chi connectivity index (χ4n) is 1.37. The van der Waals surface area contributed by atoms with Crippen molar-refractivity contribution < 1.29 is 4.79 Å². The fourth-order valence-corrected chi connectivity index (χ4v) is 2.95. The third-order valence-electron chi connectivity index (χ3n) is 2.13. The number of rotatable bonds is 4. The Hall–Kier alpha value is -1.60. The van der Waals surface area contributed by atoms with Crippen LogP contribution in [-0.4, -0.2) is 21.8 Å². The maximum absolute atomic E-state index is 11.9. The SMILES string of the molecule is CCNC(=O)c1ccc(N)cc1Sc1ncns1. The average molecular weight is 280 g/mol. The number of nitrogens with two attached hydrogens (primary N) is 1. The van der Waals surface area contributed by atoms with E-state index in [1.807, 2.05) is 6.92 Å². The number of anilines is 1. The molecule has 1 aromatic heterocycles. The van der Waals surface area contributed by atoms with Gasteiger partial charge in [0.1, 0.15) is 6.33 Å². The van der Waals surface area contributed by atoms with Crippen molar-refractivity contribution >= 4 is 34.9 Å². The zero-order valence-electron chi connectivity index (χ0n) is 9.71. The van der Waals surface area contributed by atoms with E-state index in [1.165, 1.54) is 29.6 Å². The van der Waals surface area contributed by atoms with Crippen LogP contribution in [0, 0.1) is 0 Å². The van der Waals surface area contributed by atoms with Crippen molar-refractivity contribution in [1.29, 1.82) is 0 Å². The van der Waals surface area contributed by atoms with Crippen molar-refractivity contribution in [1.82, 2.24) is 14.7 Å². The molecular weight excluding hydrogens is 268 g/mol. The Kier molecular flexibility index (Phi) is 4.16. The Bertz CT molecular complexity index is 542. The minimum atomic E-state index is -0.107. The molecule has 1 amide bonds. The van der Waals surface area contributed by atoms with Gasteiger partial charge < -0.3 is 11.1 Å². The summed E-state index contributed by atoms with van der Waals surface area (Å²) in [7, 11) is 0. The molecule has 0 radical (unpaired) electrons. The van der Waals surface area contributed by atoms with Crippen molar-refractivity contribution in [3.63, 3.8) is 0 Å². The molecule has 1 heterocycles. The zero-order chi connectivity index (χ0) is 13.0. The highest BCUT2D eigenvalue weighted by molar-refractivity contribution is 8.01. The summed E-state index contributed by atoms with van der Waals surface area (Å²) >= 11 is 2.68. The lowest BCUT2D eigenvalue weighted by molar-refractivity contribution is 0.0953. The molecule has 7 heteroatoms. The molecule has 5 nitrogen and oxygen atoms in total. The molecule has 0 saturated carbocycles. The van der Waals surface area contributed by atoms with Crippen molar-refractivity contribution in [2.45, 2.75) is 16.2 Å². The Morgan fingerprint density at radius 3 is 3.06 bits per heavy atom. The highest BCUT2D eigenvalue weighted by Crippen LogP contribution is 2.32. The Labute approximate surface area is 113 Å². The maximum Gasteiger partial charge on any atom is 0.252 e. The van der Waals surface area contributed by atoms with Gasteiger partial charge in [0, 0.05) is 17.1 Å². The summed E-state index contributed by atoms with van der Waals surface area (Å²) in [5.41, 5.74) is 6.98. The number of aromatic nitrogens is 2. The van der Waals surface area contributed by atoms with Crippen LogP contribution in [0.3, 0.4) is 0 Å². The lowest BCUT2D eigenvalue weighted by Gasteiger charge is -2.08. The second-order valence-corrected chi connectivity index (χ2v) is 5.49. The maximum atomic E-state index is 11.9. The second kappa shape index (κ2) is 5.83. The molecule has 0 bridgehead atoms. The van der Waals surface area contributed by atoms with Gasteiger partial charge in [-0.1, -0.05) is 11.8 Å². The minimum absolute atomic E-state index is 0.107. The summed E-state index contributed by atoms with van der Waals surface area (Å²) in [6.45, 7) is 2.47. The van der Waals surface area contributed by atoms with Crippen LogP contribution >= 0.6 is 23.3 Å². The zero-order valence-corrected chi connectivity index (χ0v) is 11.3. The summed E-state index contributed by atoms with van der Waals surface area (Å²) in [6.07, 6.45) is 1.49. The van der Waals surface area contributed by atoms with E-state index in [2.05, 4.69) is 14.7 Å². The molecule has 2 aromatic rings. The van der Waals surface area contributed by atoms with E-state index in [0.29, 0.717) is 17.8 Å². The summed E-state index contributed by atoms with van der Waals surface area (Å²) in [4.78, 5) is 16.8. The smallest absolute Gasteiger partial charge is 0.252 e. The molecule has 18 heavy (non-hydrogen) atoms. The van der Waals surface area contributed by atoms with Gasteiger partial charge in [0.15, 0.2) is 4.34 Å². The predicted octanol–water partition coefficient (Wildman–Crippen LogP) is 2.02. The van der Waals surface area contributed by atoms with Crippen LogP contribution in [0.4, 0.5) is 5.69 Å². The molecular formula is C11H12N4OS2. The van der Waals surface area contributed by atoms with E-state index in [9.17, 15) is 4.79 Å². The van der Waals surface area contributed by atoms with Crippen LogP contribution in [0.2, 0.25) is 0 Å². The second-order valence-electron chi connectivity index (χ2n) is 3.42. The Morgan fingerprint density at radius 2 is 2.39 bits per heavy atom. The molecule has 0 aliphatic heterocycles. The van der Waals surface area contributed by atoms with Crippen molar-refractivity contribution in [2.75, 3.05) is 12.3 Å². The predicted molar refractivity (Wildman–Crippen MR) is 72.9 cm³/mol. The molecule has 0 unspecified atom stereocenters.